The number of carbonyl (C=O) groups excluding carboxylic acids is 1. The lowest BCUT2D eigenvalue weighted by atomic mass is 10.2. The van der Waals surface area contributed by atoms with E-state index in [0.717, 1.165) is 11.3 Å². The van der Waals surface area contributed by atoms with E-state index in [1.54, 1.807) is 26.2 Å². The quantitative estimate of drug-likeness (QED) is 0.341. The zero-order valence-electron chi connectivity index (χ0n) is 11.3. The lowest BCUT2D eigenvalue weighted by molar-refractivity contribution is -0.109. The molecule has 1 rings (SSSR count). The highest BCUT2D eigenvalue weighted by Crippen LogP contribution is 2.12. The van der Waals surface area contributed by atoms with Crippen molar-refractivity contribution in [2.75, 3.05) is 14.2 Å². The summed E-state index contributed by atoms with van der Waals surface area (Å²) in [5.74, 6) is 0.635. The predicted octanol–water partition coefficient (Wildman–Crippen LogP) is 2.86. The normalized spacial score (nSPS) is 12.1. The summed E-state index contributed by atoms with van der Waals surface area (Å²) in [6, 6.07) is 7.62. The van der Waals surface area contributed by atoms with Crippen LogP contribution in [0.1, 0.15) is 12.5 Å². The third-order valence-corrected chi connectivity index (χ3v) is 2.35. The Labute approximate surface area is 113 Å². The molecule has 0 fully saturated rings. The smallest absolute Gasteiger partial charge is 0.203 e. The third kappa shape index (κ3) is 5.21. The van der Waals surface area contributed by atoms with Crippen molar-refractivity contribution >= 4 is 17.6 Å². The standard InChI is InChI=1S/C15H17NO3/c1-12(16-19-3)15(17)7-5-4-6-13-8-10-14(18-2)11-9-13/h4-11H,1-3H3/b6-4+,7-5+,16-12+. The Morgan fingerprint density at radius 2 is 1.84 bits per heavy atom. The molecule has 0 aliphatic carbocycles. The molecule has 4 heteroatoms. The van der Waals surface area contributed by atoms with Gasteiger partial charge in [-0.05, 0) is 30.7 Å². The van der Waals surface area contributed by atoms with Crippen LogP contribution >= 0.6 is 0 Å². The molecule has 0 heterocycles. The second kappa shape index (κ2) is 7.87. The van der Waals surface area contributed by atoms with Gasteiger partial charge in [-0.15, -0.1) is 0 Å². The van der Waals surface area contributed by atoms with Gasteiger partial charge in [0.05, 0.1) is 7.11 Å². The van der Waals surface area contributed by atoms with Crippen molar-refractivity contribution in [3.05, 3.63) is 48.1 Å². The van der Waals surface area contributed by atoms with E-state index in [-0.39, 0.29) is 5.78 Å². The van der Waals surface area contributed by atoms with Crippen LogP contribution in [0, 0.1) is 0 Å². The van der Waals surface area contributed by atoms with Crippen LogP contribution in [0.4, 0.5) is 0 Å². The summed E-state index contributed by atoms with van der Waals surface area (Å²) < 4.78 is 5.07. The van der Waals surface area contributed by atoms with Gasteiger partial charge in [0, 0.05) is 0 Å². The SMILES string of the molecule is CO/N=C(\C)C(=O)/C=C/C=C/c1ccc(OC)cc1. The van der Waals surface area contributed by atoms with Crippen LogP contribution in [-0.2, 0) is 9.63 Å². The molecule has 0 radical (unpaired) electrons. The van der Waals surface area contributed by atoms with Gasteiger partial charge < -0.3 is 9.57 Å². The van der Waals surface area contributed by atoms with Gasteiger partial charge in [-0.3, -0.25) is 4.79 Å². The monoisotopic (exact) mass is 259 g/mol. The fraction of sp³-hybridized carbons (Fsp3) is 0.200. The van der Waals surface area contributed by atoms with Crippen LogP contribution < -0.4 is 4.74 Å². The van der Waals surface area contributed by atoms with Crippen molar-refractivity contribution in [2.45, 2.75) is 6.92 Å². The molecule has 4 nitrogen and oxygen atoms in total. The molecule has 100 valence electrons. The van der Waals surface area contributed by atoms with E-state index in [1.165, 1.54) is 13.2 Å². The Kier molecular flexibility index (Phi) is 6.09. The number of nitrogens with zero attached hydrogens (tertiary/aromatic N) is 1. The van der Waals surface area contributed by atoms with E-state index in [9.17, 15) is 4.79 Å². The van der Waals surface area contributed by atoms with E-state index in [2.05, 4.69) is 9.99 Å². The first-order valence-electron chi connectivity index (χ1n) is 5.78. The van der Waals surface area contributed by atoms with Gasteiger partial charge in [0.15, 0.2) is 0 Å². The van der Waals surface area contributed by atoms with Crippen molar-refractivity contribution in [3.8, 4) is 5.75 Å². The molecule has 0 bridgehead atoms. The second-order valence-electron chi connectivity index (χ2n) is 3.71. The molecular weight excluding hydrogens is 242 g/mol. The molecular formula is C15H17NO3. The summed E-state index contributed by atoms with van der Waals surface area (Å²) in [5.41, 5.74) is 1.34. The highest BCUT2D eigenvalue weighted by molar-refractivity contribution is 6.43. The van der Waals surface area contributed by atoms with Gasteiger partial charge in [0.1, 0.15) is 18.6 Å². The topological polar surface area (TPSA) is 47.9 Å². The van der Waals surface area contributed by atoms with Crippen LogP contribution in [0.15, 0.2) is 47.6 Å². The Morgan fingerprint density at radius 1 is 1.16 bits per heavy atom. The lowest BCUT2D eigenvalue weighted by Crippen LogP contribution is -2.06. The van der Waals surface area contributed by atoms with Crippen LogP contribution in [0.5, 0.6) is 5.75 Å². The molecule has 0 spiro atoms. The highest BCUT2D eigenvalue weighted by Gasteiger charge is 2.00. The second-order valence-corrected chi connectivity index (χ2v) is 3.71. The van der Waals surface area contributed by atoms with Gasteiger partial charge in [-0.2, -0.15) is 0 Å². The molecule has 0 saturated carbocycles. The Balaban J connectivity index is 2.57. The zero-order valence-corrected chi connectivity index (χ0v) is 11.3. The zero-order chi connectivity index (χ0) is 14.1. The average molecular weight is 259 g/mol. The molecule has 0 aliphatic rings. The number of allylic oxidation sites excluding steroid dienone is 3. The van der Waals surface area contributed by atoms with Crippen LogP contribution in [0.2, 0.25) is 0 Å². The number of ketones is 1. The number of carbonyl (C=O) groups is 1. The molecule has 0 N–H and O–H groups in total. The van der Waals surface area contributed by atoms with E-state index in [4.69, 9.17) is 4.74 Å². The molecule has 0 atom stereocenters. The number of hydrogen-bond acceptors (Lipinski definition) is 4. The maximum Gasteiger partial charge on any atom is 0.203 e. The molecule has 0 unspecified atom stereocenters. The maximum atomic E-state index is 11.5. The van der Waals surface area contributed by atoms with Crippen molar-refractivity contribution in [3.63, 3.8) is 0 Å². The summed E-state index contributed by atoms with van der Waals surface area (Å²) >= 11 is 0. The van der Waals surface area contributed by atoms with E-state index >= 15 is 0 Å². The van der Waals surface area contributed by atoms with Gasteiger partial charge in [-0.25, -0.2) is 0 Å². The summed E-state index contributed by atoms with van der Waals surface area (Å²) in [4.78, 5) is 16.0. The van der Waals surface area contributed by atoms with Crippen LogP contribution in [0.25, 0.3) is 6.08 Å². The third-order valence-electron chi connectivity index (χ3n) is 2.35. The van der Waals surface area contributed by atoms with Crippen molar-refractivity contribution in [1.82, 2.24) is 0 Å². The maximum absolute atomic E-state index is 11.5. The minimum absolute atomic E-state index is 0.179. The molecule has 19 heavy (non-hydrogen) atoms. The minimum atomic E-state index is -0.179. The molecule has 0 saturated heterocycles. The lowest BCUT2D eigenvalue weighted by Gasteiger charge is -1.98. The summed E-state index contributed by atoms with van der Waals surface area (Å²) in [6.45, 7) is 1.60. The number of methoxy groups -OCH3 is 1. The van der Waals surface area contributed by atoms with Crippen LogP contribution in [-0.4, -0.2) is 25.7 Å². The van der Waals surface area contributed by atoms with E-state index in [1.807, 2.05) is 30.3 Å². The van der Waals surface area contributed by atoms with E-state index in [0.29, 0.717) is 5.71 Å². The summed E-state index contributed by atoms with van der Waals surface area (Å²) in [7, 11) is 3.03. The van der Waals surface area contributed by atoms with E-state index < -0.39 is 0 Å². The summed E-state index contributed by atoms with van der Waals surface area (Å²) in [5, 5.41) is 3.56. The number of benzene rings is 1. The Morgan fingerprint density at radius 3 is 2.42 bits per heavy atom. The number of oxime groups is 1. The van der Waals surface area contributed by atoms with Crippen molar-refractivity contribution in [1.29, 1.82) is 0 Å². The summed E-state index contributed by atoms with van der Waals surface area (Å²) in [6.07, 6.45) is 6.80. The number of hydrogen-bond donors (Lipinski definition) is 0. The van der Waals surface area contributed by atoms with Gasteiger partial charge in [-0.1, -0.05) is 35.5 Å². The Bertz CT molecular complexity index is 499. The predicted molar refractivity (Wildman–Crippen MR) is 76.3 cm³/mol. The fourth-order valence-corrected chi connectivity index (χ4v) is 1.33. The first kappa shape index (κ1) is 14.7. The molecule has 0 aromatic heterocycles. The molecule has 0 aliphatic heterocycles. The number of ether oxygens (including phenoxy) is 1. The fourth-order valence-electron chi connectivity index (χ4n) is 1.33. The van der Waals surface area contributed by atoms with Gasteiger partial charge in [0.2, 0.25) is 5.78 Å². The van der Waals surface area contributed by atoms with Gasteiger partial charge >= 0.3 is 0 Å². The first-order valence-corrected chi connectivity index (χ1v) is 5.78. The van der Waals surface area contributed by atoms with Gasteiger partial charge in [0.25, 0.3) is 0 Å². The van der Waals surface area contributed by atoms with Crippen LogP contribution in [0.3, 0.4) is 0 Å². The highest BCUT2D eigenvalue weighted by atomic mass is 16.6. The number of rotatable bonds is 6. The molecule has 1 aromatic rings. The molecule has 0 amide bonds. The first-order chi connectivity index (χ1) is 9.17. The largest absolute Gasteiger partial charge is 0.497 e. The molecule has 1 aromatic carbocycles. The average Bonchev–Trinajstić information content (AvgIpc) is 2.44. The van der Waals surface area contributed by atoms with Crippen molar-refractivity contribution in [2.24, 2.45) is 5.16 Å². The van der Waals surface area contributed by atoms with Crippen molar-refractivity contribution < 1.29 is 14.4 Å². The minimum Gasteiger partial charge on any atom is -0.497 e. The Hall–Kier alpha value is -2.36.